The molecule has 1 unspecified atom stereocenters. The minimum Gasteiger partial charge on any atom is -0.376 e. The molecule has 24 heavy (non-hydrogen) atoms. The highest BCUT2D eigenvalue weighted by Gasteiger charge is 2.17. The highest BCUT2D eigenvalue weighted by molar-refractivity contribution is 5.92. The molecule has 2 aliphatic rings. The molecule has 0 spiro atoms. The van der Waals surface area contributed by atoms with Gasteiger partial charge in [-0.05, 0) is 51.0 Å². The fourth-order valence-corrected chi connectivity index (χ4v) is 3.14. The lowest BCUT2D eigenvalue weighted by Crippen LogP contribution is -2.32. The summed E-state index contributed by atoms with van der Waals surface area (Å²) < 4.78 is 5.51. The van der Waals surface area contributed by atoms with Crippen LogP contribution in [-0.4, -0.2) is 41.7 Å². The normalized spacial score (nSPS) is 20.5. The van der Waals surface area contributed by atoms with E-state index in [1.165, 1.54) is 31.3 Å². The van der Waals surface area contributed by atoms with Crippen molar-refractivity contribution in [1.82, 2.24) is 15.3 Å². The summed E-state index contributed by atoms with van der Waals surface area (Å²) >= 11 is 0. The van der Waals surface area contributed by atoms with Gasteiger partial charge in [0.15, 0.2) is 0 Å². The SMILES string of the molecule is O=C(NCC1CCCO1)c1ccnc(NCCC2=CCCCC2)n1. The van der Waals surface area contributed by atoms with Crippen LogP contribution in [0.3, 0.4) is 0 Å². The van der Waals surface area contributed by atoms with Crippen LogP contribution < -0.4 is 10.6 Å². The van der Waals surface area contributed by atoms with Crippen molar-refractivity contribution in [3.63, 3.8) is 0 Å². The van der Waals surface area contributed by atoms with Gasteiger partial charge in [-0.25, -0.2) is 9.97 Å². The van der Waals surface area contributed by atoms with E-state index < -0.39 is 0 Å². The molecule has 2 N–H and O–H groups in total. The Morgan fingerprint density at radius 1 is 1.33 bits per heavy atom. The molecule has 6 nitrogen and oxygen atoms in total. The zero-order chi connectivity index (χ0) is 16.6. The molecule has 0 bridgehead atoms. The van der Waals surface area contributed by atoms with E-state index in [2.05, 4.69) is 26.7 Å². The summed E-state index contributed by atoms with van der Waals surface area (Å²) in [4.78, 5) is 20.7. The third-order valence-electron chi connectivity index (χ3n) is 4.52. The topological polar surface area (TPSA) is 76.1 Å². The second-order valence-corrected chi connectivity index (χ2v) is 6.40. The number of ether oxygens (including phenoxy) is 1. The second-order valence-electron chi connectivity index (χ2n) is 6.40. The van der Waals surface area contributed by atoms with E-state index >= 15 is 0 Å². The molecular weight excluding hydrogens is 304 g/mol. The number of nitrogens with zero attached hydrogens (tertiary/aromatic N) is 2. The minimum absolute atomic E-state index is 0.136. The average molecular weight is 330 g/mol. The Balaban J connectivity index is 1.45. The maximum atomic E-state index is 12.2. The van der Waals surface area contributed by atoms with Crippen molar-refractivity contribution in [2.45, 2.75) is 51.0 Å². The molecule has 1 atom stereocenters. The molecule has 6 heteroatoms. The van der Waals surface area contributed by atoms with Crippen LogP contribution >= 0.6 is 0 Å². The first kappa shape index (κ1) is 16.9. The molecule has 0 saturated carbocycles. The fraction of sp³-hybridized carbons (Fsp3) is 0.611. The van der Waals surface area contributed by atoms with E-state index in [0.717, 1.165) is 32.4 Å². The fourth-order valence-electron chi connectivity index (χ4n) is 3.14. The summed E-state index contributed by atoms with van der Waals surface area (Å²) in [5, 5.41) is 6.10. The van der Waals surface area contributed by atoms with Crippen LogP contribution in [0, 0.1) is 0 Å². The molecule has 1 fully saturated rings. The number of carbonyl (C=O) groups excluding carboxylic acids is 1. The smallest absolute Gasteiger partial charge is 0.270 e. The van der Waals surface area contributed by atoms with Crippen molar-refractivity contribution in [3.05, 3.63) is 29.6 Å². The first-order valence-corrected chi connectivity index (χ1v) is 8.96. The van der Waals surface area contributed by atoms with Gasteiger partial charge in [0, 0.05) is 25.9 Å². The standard InChI is InChI=1S/C18H26N4O2/c23-17(21-13-15-7-4-12-24-15)16-9-11-20-18(22-16)19-10-8-14-5-2-1-3-6-14/h5,9,11,15H,1-4,6-8,10,12-13H2,(H,21,23)(H,19,20,22). The summed E-state index contributed by atoms with van der Waals surface area (Å²) in [7, 11) is 0. The Morgan fingerprint density at radius 2 is 2.29 bits per heavy atom. The number of anilines is 1. The number of rotatable bonds is 7. The molecule has 3 rings (SSSR count). The third kappa shape index (κ3) is 5.03. The van der Waals surface area contributed by atoms with Gasteiger partial charge in [0.1, 0.15) is 5.69 Å². The Morgan fingerprint density at radius 3 is 3.08 bits per heavy atom. The molecule has 1 saturated heterocycles. The largest absolute Gasteiger partial charge is 0.376 e. The highest BCUT2D eigenvalue weighted by atomic mass is 16.5. The van der Waals surface area contributed by atoms with Crippen LogP contribution in [0.25, 0.3) is 0 Å². The zero-order valence-corrected chi connectivity index (χ0v) is 14.1. The Labute approximate surface area is 143 Å². The zero-order valence-electron chi connectivity index (χ0n) is 14.1. The van der Waals surface area contributed by atoms with E-state index in [9.17, 15) is 4.79 Å². The lowest BCUT2D eigenvalue weighted by atomic mass is 9.97. The minimum atomic E-state index is -0.175. The van der Waals surface area contributed by atoms with Gasteiger partial charge in [-0.15, -0.1) is 0 Å². The first-order valence-electron chi connectivity index (χ1n) is 8.96. The predicted octanol–water partition coefficient (Wildman–Crippen LogP) is 2.69. The molecule has 2 heterocycles. The average Bonchev–Trinajstić information content (AvgIpc) is 3.14. The van der Waals surface area contributed by atoms with Gasteiger partial charge in [-0.1, -0.05) is 11.6 Å². The second kappa shape index (κ2) is 8.78. The number of allylic oxidation sites excluding steroid dienone is 1. The summed E-state index contributed by atoms with van der Waals surface area (Å²) in [6, 6.07) is 1.64. The summed E-state index contributed by atoms with van der Waals surface area (Å²) in [6.07, 6.45) is 12.2. The number of nitrogens with one attached hydrogen (secondary N) is 2. The Kier molecular flexibility index (Phi) is 6.18. The van der Waals surface area contributed by atoms with Gasteiger partial charge in [-0.2, -0.15) is 0 Å². The van der Waals surface area contributed by atoms with Gasteiger partial charge < -0.3 is 15.4 Å². The number of hydrogen-bond donors (Lipinski definition) is 2. The molecule has 1 aliphatic heterocycles. The van der Waals surface area contributed by atoms with E-state index in [1.807, 2.05) is 0 Å². The third-order valence-corrected chi connectivity index (χ3v) is 4.52. The first-order chi connectivity index (χ1) is 11.8. The van der Waals surface area contributed by atoms with E-state index in [1.54, 1.807) is 12.3 Å². The van der Waals surface area contributed by atoms with Crippen LogP contribution in [-0.2, 0) is 4.74 Å². The van der Waals surface area contributed by atoms with Crippen molar-refractivity contribution in [3.8, 4) is 0 Å². The number of amides is 1. The number of aromatic nitrogens is 2. The molecule has 0 aromatic carbocycles. The van der Waals surface area contributed by atoms with Crippen molar-refractivity contribution < 1.29 is 9.53 Å². The van der Waals surface area contributed by atoms with Crippen LogP contribution in [0.1, 0.15) is 55.4 Å². The summed E-state index contributed by atoms with van der Waals surface area (Å²) in [5.74, 6) is 0.335. The van der Waals surface area contributed by atoms with Gasteiger partial charge in [0.05, 0.1) is 6.10 Å². The van der Waals surface area contributed by atoms with Crippen LogP contribution in [0.15, 0.2) is 23.9 Å². The number of hydrogen-bond acceptors (Lipinski definition) is 5. The van der Waals surface area contributed by atoms with Crippen LogP contribution in [0.5, 0.6) is 0 Å². The Bertz CT molecular complexity index is 582. The summed E-state index contributed by atoms with van der Waals surface area (Å²) in [5.41, 5.74) is 1.90. The van der Waals surface area contributed by atoms with Crippen LogP contribution in [0.2, 0.25) is 0 Å². The Hall–Kier alpha value is -1.95. The monoisotopic (exact) mass is 330 g/mol. The van der Waals surface area contributed by atoms with Gasteiger partial charge in [0.25, 0.3) is 5.91 Å². The van der Waals surface area contributed by atoms with Crippen molar-refractivity contribution >= 4 is 11.9 Å². The van der Waals surface area contributed by atoms with Gasteiger partial charge in [0.2, 0.25) is 5.95 Å². The molecular formula is C18H26N4O2. The lowest BCUT2D eigenvalue weighted by Gasteiger charge is -2.13. The predicted molar refractivity (Wildman–Crippen MR) is 93.0 cm³/mol. The quantitative estimate of drug-likeness (QED) is 0.752. The maximum absolute atomic E-state index is 12.2. The molecule has 1 aromatic heterocycles. The van der Waals surface area contributed by atoms with Crippen molar-refractivity contribution in [1.29, 1.82) is 0 Å². The molecule has 0 radical (unpaired) electrons. The van der Waals surface area contributed by atoms with Crippen molar-refractivity contribution in [2.75, 3.05) is 25.0 Å². The molecule has 130 valence electrons. The van der Waals surface area contributed by atoms with Crippen LogP contribution in [0.4, 0.5) is 5.95 Å². The maximum Gasteiger partial charge on any atom is 0.270 e. The van der Waals surface area contributed by atoms with E-state index in [-0.39, 0.29) is 12.0 Å². The van der Waals surface area contributed by atoms with Crippen molar-refractivity contribution in [2.24, 2.45) is 0 Å². The van der Waals surface area contributed by atoms with Gasteiger partial charge >= 0.3 is 0 Å². The summed E-state index contributed by atoms with van der Waals surface area (Å²) in [6.45, 7) is 2.13. The molecule has 1 aromatic rings. The van der Waals surface area contributed by atoms with E-state index in [4.69, 9.17) is 4.74 Å². The molecule has 1 amide bonds. The van der Waals surface area contributed by atoms with Gasteiger partial charge in [-0.3, -0.25) is 4.79 Å². The molecule has 1 aliphatic carbocycles. The number of carbonyl (C=O) groups is 1. The highest BCUT2D eigenvalue weighted by Crippen LogP contribution is 2.19. The lowest BCUT2D eigenvalue weighted by molar-refractivity contribution is 0.0853. The van der Waals surface area contributed by atoms with E-state index in [0.29, 0.717) is 18.2 Å².